The van der Waals surface area contributed by atoms with Gasteiger partial charge in [-0.3, -0.25) is 4.98 Å². The number of halogens is 1. The van der Waals surface area contributed by atoms with Crippen molar-refractivity contribution in [2.45, 2.75) is 38.9 Å². The van der Waals surface area contributed by atoms with E-state index in [4.69, 9.17) is 12.2 Å². The van der Waals surface area contributed by atoms with Crippen LogP contribution in [0.4, 0.5) is 10.1 Å². The fraction of sp³-hybridized carbons (Fsp3) is 0.273. The summed E-state index contributed by atoms with van der Waals surface area (Å²) in [7, 11) is 0. The smallest absolute Gasteiger partial charge is 0.174 e. The first-order chi connectivity index (χ1) is 13.5. The van der Waals surface area contributed by atoms with Crippen molar-refractivity contribution >= 4 is 23.0 Å². The summed E-state index contributed by atoms with van der Waals surface area (Å²) in [4.78, 5) is 6.63. The van der Waals surface area contributed by atoms with Gasteiger partial charge in [0.25, 0.3) is 0 Å². The number of rotatable bonds is 4. The van der Waals surface area contributed by atoms with E-state index in [-0.39, 0.29) is 17.9 Å². The Hall–Kier alpha value is -2.73. The Morgan fingerprint density at radius 1 is 1.18 bits per heavy atom. The van der Waals surface area contributed by atoms with Crippen molar-refractivity contribution in [3.8, 4) is 0 Å². The molecule has 1 saturated heterocycles. The highest BCUT2D eigenvalue weighted by Gasteiger charge is 2.41. The van der Waals surface area contributed by atoms with Crippen LogP contribution >= 0.6 is 12.2 Å². The van der Waals surface area contributed by atoms with Crippen LogP contribution in [-0.2, 0) is 0 Å². The summed E-state index contributed by atoms with van der Waals surface area (Å²) < 4.78 is 16.0. The summed E-state index contributed by atoms with van der Waals surface area (Å²) in [6.45, 7) is 6.07. The molecule has 2 atom stereocenters. The molecule has 28 heavy (non-hydrogen) atoms. The predicted molar refractivity (Wildman–Crippen MR) is 114 cm³/mol. The molecule has 0 aliphatic carbocycles. The highest BCUT2D eigenvalue weighted by molar-refractivity contribution is 7.80. The summed E-state index contributed by atoms with van der Waals surface area (Å²) in [6, 6.07) is 13.3. The molecule has 6 heteroatoms. The molecule has 4 rings (SSSR count). The number of nitrogens with one attached hydrogen (secondary N) is 1. The molecule has 1 aliphatic heterocycles. The second-order valence-corrected chi connectivity index (χ2v) is 7.80. The summed E-state index contributed by atoms with van der Waals surface area (Å²) in [5, 5.41) is 4.05. The number of thiocarbonyl (C=S) groups is 1. The van der Waals surface area contributed by atoms with Gasteiger partial charge in [0.1, 0.15) is 5.82 Å². The van der Waals surface area contributed by atoms with Gasteiger partial charge < -0.3 is 14.8 Å². The first kappa shape index (κ1) is 18.6. The fourth-order valence-corrected chi connectivity index (χ4v) is 4.02. The maximum atomic E-state index is 13.9. The summed E-state index contributed by atoms with van der Waals surface area (Å²) >= 11 is 5.70. The largest absolute Gasteiger partial charge is 0.351 e. The molecule has 0 amide bonds. The maximum Gasteiger partial charge on any atom is 0.174 e. The van der Waals surface area contributed by atoms with Gasteiger partial charge in [-0.2, -0.15) is 0 Å². The van der Waals surface area contributed by atoms with E-state index in [2.05, 4.69) is 52.1 Å². The van der Waals surface area contributed by atoms with Crippen LogP contribution in [0.1, 0.15) is 48.8 Å². The highest BCUT2D eigenvalue weighted by Crippen LogP contribution is 2.42. The average molecular weight is 395 g/mol. The third-order valence-electron chi connectivity index (χ3n) is 5.19. The van der Waals surface area contributed by atoms with Crippen molar-refractivity contribution in [1.82, 2.24) is 14.9 Å². The Morgan fingerprint density at radius 3 is 2.64 bits per heavy atom. The fourth-order valence-electron chi connectivity index (χ4n) is 3.68. The van der Waals surface area contributed by atoms with E-state index >= 15 is 0 Å². The number of hydrogen-bond donors (Lipinski definition) is 1. The van der Waals surface area contributed by atoms with Crippen molar-refractivity contribution < 1.29 is 4.39 Å². The number of aryl methyl sites for hydroxylation is 1. The third kappa shape index (κ3) is 3.29. The zero-order chi connectivity index (χ0) is 19.8. The average Bonchev–Trinajstić information content (AvgIpc) is 3.29. The van der Waals surface area contributed by atoms with Crippen LogP contribution in [0, 0.1) is 12.7 Å². The summed E-state index contributed by atoms with van der Waals surface area (Å²) in [6.07, 6.45) is 6.04. The monoisotopic (exact) mass is 394 g/mol. The van der Waals surface area contributed by atoms with Crippen LogP contribution in [-0.4, -0.2) is 14.7 Å². The summed E-state index contributed by atoms with van der Waals surface area (Å²) in [5.74, 6) is -0.217. The first-order valence-corrected chi connectivity index (χ1v) is 9.80. The van der Waals surface area contributed by atoms with Gasteiger partial charge in [0, 0.05) is 30.3 Å². The van der Waals surface area contributed by atoms with E-state index in [9.17, 15) is 4.39 Å². The molecule has 1 aliphatic rings. The van der Waals surface area contributed by atoms with E-state index in [0.717, 1.165) is 16.9 Å². The molecule has 0 saturated carbocycles. The Balaban J connectivity index is 1.82. The lowest BCUT2D eigenvalue weighted by atomic mass is 9.98. The highest BCUT2D eigenvalue weighted by atomic mass is 32.1. The Kier molecular flexibility index (Phi) is 4.89. The van der Waals surface area contributed by atoms with Gasteiger partial charge in [0.2, 0.25) is 0 Å². The molecule has 1 fully saturated rings. The van der Waals surface area contributed by atoms with E-state index in [1.807, 2.05) is 24.3 Å². The van der Waals surface area contributed by atoms with Crippen LogP contribution in [0.2, 0.25) is 0 Å². The lowest BCUT2D eigenvalue weighted by Crippen LogP contribution is -2.29. The van der Waals surface area contributed by atoms with E-state index in [1.165, 1.54) is 6.07 Å². The number of hydrogen-bond acceptors (Lipinski definition) is 2. The van der Waals surface area contributed by atoms with Crippen molar-refractivity contribution in [2.75, 3.05) is 4.90 Å². The third-order valence-corrected chi connectivity index (χ3v) is 5.51. The van der Waals surface area contributed by atoms with Gasteiger partial charge in [-0.1, -0.05) is 6.07 Å². The molecule has 2 unspecified atom stereocenters. The maximum absolute atomic E-state index is 13.9. The standard InChI is InChI=1S/C22H23FN4S/c1-14(2)26-11-9-16(13-26)21-20(19-6-4-5-10-24-19)25-22(28)27(21)17-7-8-18(23)15(3)12-17/h4-14,20-21H,1-3H3,(H,25,28). The molecule has 0 radical (unpaired) electrons. The SMILES string of the molecule is Cc1cc(N2C(=S)NC(c3ccccn3)C2c2ccn(C(C)C)c2)ccc1F. The number of benzene rings is 1. The number of anilines is 1. The molecule has 3 heterocycles. The van der Waals surface area contributed by atoms with Gasteiger partial charge in [0.15, 0.2) is 5.11 Å². The molecular weight excluding hydrogens is 371 g/mol. The minimum Gasteiger partial charge on any atom is -0.351 e. The first-order valence-electron chi connectivity index (χ1n) is 9.40. The number of pyridine rings is 1. The Bertz CT molecular complexity index is 999. The molecule has 0 bridgehead atoms. The van der Waals surface area contributed by atoms with Crippen molar-refractivity contribution in [3.63, 3.8) is 0 Å². The molecule has 2 aromatic heterocycles. The lowest BCUT2D eigenvalue weighted by molar-refractivity contribution is 0.559. The van der Waals surface area contributed by atoms with E-state index in [0.29, 0.717) is 16.7 Å². The van der Waals surface area contributed by atoms with Gasteiger partial charge >= 0.3 is 0 Å². The molecule has 3 aromatic rings. The van der Waals surface area contributed by atoms with Crippen LogP contribution in [0.5, 0.6) is 0 Å². The minimum absolute atomic E-state index is 0.0766. The minimum atomic E-state index is -0.217. The van der Waals surface area contributed by atoms with Crippen molar-refractivity contribution in [2.24, 2.45) is 0 Å². The van der Waals surface area contributed by atoms with Crippen molar-refractivity contribution in [3.05, 3.63) is 83.7 Å². The van der Waals surface area contributed by atoms with Gasteiger partial charge in [-0.15, -0.1) is 0 Å². The van der Waals surface area contributed by atoms with Crippen LogP contribution in [0.3, 0.4) is 0 Å². The quantitative estimate of drug-likeness (QED) is 0.625. The molecule has 0 spiro atoms. The van der Waals surface area contributed by atoms with Gasteiger partial charge in [-0.25, -0.2) is 4.39 Å². The van der Waals surface area contributed by atoms with Crippen molar-refractivity contribution in [1.29, 1.82) is 0 Å². The van der Waals surface area contributed by atoms with E-state index < -0.39 is 0 Å². The van der Waals surface area contributed by atoms with Gasteiger partial charge in [0.05, 0.1) is 17.8 Å². The molecular formula is C22H23FN4S. The second kappa shape index (κ2) is 7.36. The second-order valence-electron chi connectivity index (χ2n) is 7.42. The Morgan fingerprint density at radius 2 is 2.00 bits per heavy atom. The van der Waals surface area contributed by atoms with Crippen LogP contribution in [0.25, 0.3) is 0 Å². The predicted octanol–water partition coefficient (Wildman–Crippen LogP) is 5.09. The zero-order valence-corrected chi connectivity index (χ0v) is 16.9. The van der Waals surface area contributed by atoms with Crippen LogP contribution in [0.15, 0.2) is 61.1 Å². The molecule has 4 nitrogen and oxygen atoms in total. The number of nitrogens with zero attached hydrogens (tertiary/aromatic N) is 3. The molecule has 1 N–H and O–H groups in total. The van der Waals surface area contributed by atoms with Gasteiger partial charge in [-0.05, 0) is 80.5 Å². The van der Waals surface area contributed by atoms with Crippen LogP contribution < -0.4 is 10.2 Å². The topological polar surface area (TPSA) is 33.1 Å². The molecule has 144 valence electrons. The summed E-state index contributed by atoms with van der Waals surface area (Å²) in [5.41, 5.74) is 3.53. The molecule has 1 aromatic carbocycles. The zero-order valence-electron chi connectivity index (χ0n) is 16.1. The number of aromatic nitrogens is 2. The normalized spacial score (nSPS) is 19.3. The Labute approximate surface area is 170 Å². The lowest BCUT2D eigenvalue weighted by Gasteiger charge is -2.27. The van der Waals surface area contributed by atoms with E-state index in [1.54, 1.807) is 19.2 Å².